The van der Waals surface area contributed by atoms with E-state index in [-0.39, 0.29) is 0 Å². The van der Waals surface area contributed by atoms with E-state index in [2.05, 4.69) is 15.5 Å². The number of carbonyl (C=O) groups is 2. The zero-order chi connectivity index (χ0) is 12.4. The van der Waals surface area contributed by atoms with Crippen LogP contribution in [-0.4, -0.2) is 29.1 Å². The largest absolute Gasteiger partial charge is 0.507 e. The lowest BCUT2D eigenvalue weighted by Gasteiger charge is -2.24. The highest BCUT2D eigenvalue weighted by molar-refractivity contribution is 6.32. The Balaban J connectivity index is 2.27. The van der Waals surface area contributed by atoms with Crippen LogP contribution in [0.5, 0.6) is 0 Å². The van der Waals surface area contributed by atoms with Gasteiger partial charge in [-0.2, -0.15) is 0 Å². The topological polar surface area (TPSA) is 108 Å². The van der Waals surface area contributed by atoms with Crippen LogP contribution >= 0.6 is 0 Å². The van der Waals surface area contributed by atoms with E-state index in [4.69, 9.17) is 0 Å². The SMILES string of the molecule is O=NC(=O)C1=C(O)C(NC2=CCC2)C(=O)C=N1. The number of ketones is 1. The Morgan fingerprint density at radius 3 is 2.82 bits per heavy atom. The zero-order valence-corrected chi connectivity index (χ0v) is 8.71. The molecule has 1 heterocycles. The van der Waals surface area contributed by atoms with E-state index in [1.54, 1.807) is 0 Å². The summed E-state index contributed by atoms with van der Waals surface area (Å²) in [6, 6.07) is -1.06. The number of nitrogens with one attached hydrogen (secondary N) is 1. The molecule has 0 aromatic heterocycles. The highest BCUT2D eigenvalue weighted by Gasteiger charge is 2.32. The van der Waals surface area contributed by atoms with Crippen molar-refractivity contribution in [2.24, 2.45) is 10.2 Å². The van der Waals surface area contributed by atoms with E-state index in [9.17, 15) is 19.6 Å². The maximum atomic E-state index is 11.5. The van der Waals surface area contributed by atoms with Gasteiger partial charge in [0.1, 0.15) is 0 Å². The number of hydrogen-bond acceptors (Lipinski definition) is 6. The molecule has 1 amide bonds. The van der Waals surface area contributed by atoms with Crippen molar-refractivity contribution in [3.63, 3.8) is 0 Å². The van der Waals surface area contributed by atoms with E-state index in [1.807, 2.05) is 6.08 Å². The normalized spacial score (nSPS) is 22.9. The molecule has 7 nitrogen and oxygen atoms in total. The molecule has 1 aliphatic heterocycles. The average molecular weight is 235 g/mol. The van der Waals surface area contributed by atoms with Gasteiger partial charge in [0.15, 0.2) is 17.5 Å². The molecule has 1 atom stereocenters. The molecule has 2 N–H and O–H groups in total. The molecule has 0 saturated heterocycles. The van der Waals surface area contributed by atoms with Gasteiger partial charge in [0, 0.05) is 10.9 Å². The van der Waals surface area contributed by atoms with Crippen LogP contribution in [0.3, 0.4) is 0 Å². The molecule has 17 heavy (non-hydrogen) atoms. The second kappa shape index (κ2) is 4.28. The van der Waals surface area contributed by atoms with Crippen LogP contribution in [0.1, 0.15) is 12.8 Å². The van der Waals surface area contributed by atoms with Crippen molar-refractivity contribution in [1.29, 1.82) is 0 Å². The molecular weight excluding hydrogens is 226 g/mol. The average Bonchev–Trinajstić information content (AvgIpc) is 2.25. The van der Waals surface area contributed by atoms with E-state index < -0.39 is 29.2 Å². The minimum absolute atomic E-state index is 0.474. The van der Waals surface area contributed by atoms with E-state index in [1.165, 1.54) is 0 Å². The summed E-state index contributed by atoms with van der Waals surface area (Å²) in [6.07, 6.45) is 4.45. The number of amides is 1. The van der Waals surface area contributed by atoms with E-state index >= 15 is 0 Å². The van der Waals surface area contributed by atoms with E-state index in [0.717, 1.165) is 24.8 Å². The molecule has 1 aliphatic carbocycles. The molecule has 0 aromatic rings. The van der Waals surface area contributed by atoms with Crippen LogP contribution in [0, 0.1) is 4.91 Å². The predicted molar refractivity (Wildman–Crippen MR) is 58.2 cm³/mol. The fraction of sp³-hybridized carbons (Fsp3) is 0.300. The van der Waals surface area contributed by atoms with Crippen molar-refractivity contribution in [2.45, 2.75) is 18.9 Å². The number of rotatable bonds is 3. The van der Waals surface area contributed by atoms with Crippen LogP contribution in [-0.2, 0) is 9.59 Å². The van der Waals surface area contributed by atoms with Crippen LogP contribution in [0.4, 0.5) is 0 Å². The van der Waals surface area contributed by atoms with Gasteiger partial charge >= 0.3 is 5.91 Å². The summed E-state index contributed by atoms with van der Waals surface area (Å²) < 4.78 is 0. The third-order valence-corrected chi connectivity index (χ3v) is 2.54. The first-order valence-electron chi connectivity index (χ1n) is 4.98. The summed E-state index contributed by atoms with van der Waals surface area (Å²) >= 11 is 0. The summed E-state index contributed by atoms with van der Waals surface area (Å²) in [6.45, 7) is 0. The second-order valence-electron chi connectivity index (χ2n) is 3.64. The first kappa shape index (κ1) is 11.2. The molecule has 2 rings (SSSR count). The van der Waals surface area contributed by atoms with Gasteiger partial charge in [0.05, 0.1) is 6.21 Å². The molecule has 0 saturated carbocycles. The number of aliphatic imine (C=N–C) groups is 1. The lowest BCUT2D eigenvalue weighted by atomic mass is 10.0. The Labute approximate surface area is 95.9 Å². The van der Waals surface area contributed by atoms with Gasteiger partial charge in [-0.15, -0.1) is 4.91 Å². The Bertz CT molecular complexity index is 490. The number of aliphatic hydroxyl groups is 1. The van der Waals surface area contributed by atoms with Crippen molar-refractivity contribution >= 4 is 17.9 Å². The maximum Gasteiger partial charge on any atom is 0.338 e. The zero-order valence-electron chi connectivity index (χ0n) is 8.71. The smallest absolute Gasteiger partial charge is 0.338 e. The molecule has 88 valence electrons. The third kappa shape index (κ3) is 1.99. The predicted octanol–water partition coefficient (Wildman–Crippen LogP) is 0.338. The Hall–Kier alpha value is -2.31. The highest BCUT2D eigenvalue weighted by atomic mass is 16.3. The molecule has 0 aromatic carbocycles. The number of nitrogens with zero attached hydrogens (tertiary/aromatic N) is 2. The van der Waals surface area contributed by atoms with Gasteiger partial charge in [-0.05, 0) is 12.8 Å². The first-order chi connectivity index (χ1) is 8.13. The lowest BCUT2D eigenvalue weighted by Crippen LogP contribution is -2.42. The fourth-order valence-corrected chi connectivity index (χ4v) is 1.49. The number of aliphatic hydroxyl groups excluding tert-OH is 1. The van der Waals surface area contributed by atoms with Crippen molar-refractivity contribution in [2.75, 3.05) is 0 Å². The highest BCUT2D eigenvalue weighted by Crippen LogP contribution is 2.20. The number of allylic oxidation sites excluding steroid dienone is 2. The first-order valence-corrected chi connectivity index (χ1v) is 4.98. The fourth-order valence-electron chi connectivity index (χ4n) is 1.49. The van der Waals surface area contributed by atoms with E-state index in [0.29, 0.717) is 0 Å². The molecular formula is C10H9N3O4. The molecule has 7 heteroatoms. The van der Waals surface area contributed by atoms with Gasteiger partial charge in [-0.25, -0.2) is 4.99 Å². The summed E-state index contributed by atoms with van der Waals surface area (Å²) in [5.74, 6) is -2.23. The standard InChI is InChI=1S/C10H9N3O4/c14-6-4-11-8(10(16)13-17)9(15)7(6)12-5-2-1-3-5/h2,4,7,12,15H,1,3H2. The summed E-state index contributed by atoms with van der Waals surface area (Å²) in [5, 5.41) is 14.6. The lowest BCUT2D eigenvalue weighted by molar-refractivity contribution is -0.115. The summed E-state index contributed by atoms with van der Waals surface area (Å²) in [4.78, 5) is 36.0. The summed E-state index contributed by atoms with van der Waals surface area (Å²) in [5.41, 5.74) is 0.327. The number of Topliss-reactive ketones (excluding diaryl/α,β-unsaturated/α-hetero) is 1. The minimum atomic E-state index is -1.19. The molecule has 0 fully saturated rings. The Morgan fingerprint density at radius 1 is 1.59 bits per heavy atom. The third-order valence-electron chi connectivity index (χ3n) is 2.54. The molecule has 0 bridgehead atoms. The van der Waals surface area contributed by atoms with Crippen molar-refractivity contribution < 1.29 is 14.7 Å². The van der Waals surface area contributed by atoms with Gasteiger partial charge in [0.25, 0.3) is 0 Å². The second-order valence-corrected chi connectivity index (χ2v) is 3.64. The number of carbonyl (C=O) groups excluding carboxylic acids is 2. The van der Waals surface area contributed by atoms with Crippen molar-refractivity contribution in [1.82, 2.24) is 5.32 Å². The monoisotopic (exact) mass is 235 g/mol. The molecule has 2 aliphatic rings. The molecule has 0 spiro atoms. The number of nitroso groups, excluding NO2 is 1. The van der Waals surface area contributed by atoms with Crippen LogP contribution < -0.4 is 5.32 Å². The maximum absolute atomic E-state index is 11.5. The van der Waals surface area contributed by atoms with Gasteiger partial charge in [0.2, 0.25) is 5.78 Å². The number of hydrogen-bond donors (Lipinski definition) is 2. The van der Waals surface area contributed by atoms with Gasteiger partial charge < -0.3 is 10.4 Å². The quantitative estimate of drug-likeness (QED) is 0.685. The van der Waals surface area contributed by atoms with Crippen molar-refractivity contribution in [3.05, 3.63) is 28.1 Å². The van der Waals surface area contributed by atoms with Crippen LogP contribution in [0.15, 0.2) is 33.4 Å². The Morgan fingerprint density at radius 2 is 2.29 bits per heavy atom. The van der Waals surface area contributed by atoms with Crippen LogP contribution in [0.25, 0.3) is 0 Å². The molecule has 0 radical (unpaired) electrons. The van der Waals surface area contributed by atoms with Gasteiger partial charge in [-0.1, -0.05) is 6.08 Å². The minimum Gasteiger partial charge on any atom is -0.507 e. The molecule has 1 unspecified atom stereocenters. The van der Waals surface area contributed by atoms with Gasteiger partial charge in [-0.3, -0.25) is 9.59 Å². The van der Waals surface area contributed by atoms with Crippen LogP contribution in [0.2, 0.25) is 0 Å². The Kier molecular flexibility index (Phi) is 2.82. The van der Waals surface area contributed by atoms with Crippen molar-refractivity contribution in [3.8, 4) is 0 Å². The summed E-state index contributed by atoms with van der Waals surface area (Å²) in [7, 11) is 0.